The van der Waals surface area contributed by atoms with Crippen LogP contribution in [0.15, 0.2) is 47.4 Å². The van der Waals surface area contributed by atoms with Gasteiger partial charge in [-0.15, -0.1) is 0 Å². The third-order valence-electron chi connectivity index (χ3n) is 3.57. The predicted octanol–water partition coefficient (Wildman–Crippen LogP) is 2.81. The molecule has 1 aromatic carbocycles. The van der Waals surface area contributed by atoms with Crippen molar-refractivity contribution in [3.63, 3.8) is 0 Å². The van der Waals surface area contributed by atoms with Gasteiger partial charge in [0.1, 0.15) is 5.52 Å². The van der Waals surface area contributed by atoms with Crippen molar-refractivity contribution in [1.29, 1.82) is 0 Å². The number of fused-ring (bicyclic) bond motifs is 1. The quantitative estimate of drug-likeness (QED) is 0.805. The summed E-state index contributed by atoms with van der Waals surface area (Å²) < 4.78 is 3.17. The van der Waals surface area contributed by atoms with E-state index in [4.69, 9.17) is 11.6 Å². The molecule has 3 aromatic rings. The summed E-state index contributed by atoms with van der Waals surface area (Å²) in [7, 11) is 0. The Morgan fingerprint density at radius 1 is 1.27 bits per heavy atom. The first-order chi connectivity index (χ1) is 10.6. The number of aromatic nitrogens is 3. The van der Waals surface area contributed by atoms with Gasteiger partial charge in [-0.3, -0.25) is 9.36 Å². The smallest absolute Gasteiger partial charge is 0.284 e. The number of benzene rings is 1. The molecule has 0 aliphatic carbocycles. The fraction of sp³-hybridized carbons (Fsp3) is 0.250. The molecule has 114 valence electrons. The zero-order valence-electron chi connectivity index (χ0n) is 12.5. The fourth-order valence-corrected chi connectivity index (χ4v) is 2.78. The van der Waals surface area contributed by atoms with Gasteiger partial charge in [0.15, 0.2) is 5.82 Å². The van der Waals surface area contributed by atoms with Crippen LogP contribution in [0.25, 0.3) is 11.2 Å². The lowest BCUT2D eigenvalue weighted by molar-refractivity contribution is 0.533. The van der Waals surface area contributed by atoms with Crippen molar-refractivity contribution in [2.45, 2.75) is 19.9 Å². The predicted molar refractivity (Wildman–Crippen MR) is 87.9 cm³/mol. The van der Waals surface area contributed by atoms with E-state index in [1.165, 1.54) is 0 Å². The van der Waals surface area contributed by atoms with Crippen LogP contribution in [0.2, 0.25) is 5.02 Å². The average molecular weight is 317 g/mol. The molecule has 0 spiro atoms. The summed E-state index contributed by atoms with van der Waals surface area (Å²) in [6, 6.07) is 11.1. The Balaban J connectivity index is 2.35. The standard InChI is InChI=1S/C16H17ClN4O/c1-3-18-11(2)15-19-20-10-9-13(17)14(20)16(22)21(15)12-7-5-4-6-8-12/h4-11,18H,3H2,1-2H3/t11-/m0/s1. The third kappa shape index (κ3) is 2.42. The van der Waals surface area contributed by atoms with E-state index in [0.29, 0.717) is 16.4 Å². The minimum atomic E-state index is -0.170. The van der Waals surface area contributed by atoms with E-state index in [9.17, 15) is 4.79 Å². The molecule has 0 radical (unpaired) electrons. The van der Waals surface area contributed by atoms with E-state index >= 15 is 0 Å². The van der Waals surface area contributed by atoms with Gasteiger partial charge < -0.3 is 5.32 Å². The highest BCUT2D eigenvalue weighted by atomic mass is 35.5. The van der Waals surface area contributed by atoms with Crippen LogP contribution in [0.1, 0.15) is 25.7 Å². The Morgan fingerprint density at radius 2 is 2.00 bits per heavy atom. The molecule has 0 fully saturated rings. The lowest BCUT2D eigenvalue weighted by Crippen LogP contribution is -2.31. The number of para-hydroxylation sites is 1. The van der Waals surface area contributed by atoms with Crippen molar-refractivity contribution in [2.75, 3.05) is 6.54 Å². The van der Waals surface area contributed by atoms with Gasteiger partial charge in [-0.2, -0.15) is 5.10 Å². The molecular formula is C16H17ClN4O. The monoisotopic (exact) mass is 316 g/mol. The van der Waals surface area contributed by atoms with Crippen molar-refractivity contribution in [2.24, 2.45) is 0 Å². The number of hydrogen-bond donors (Lipinski definition) is 1. The Hall–Kier alpha value is -2.11. The average Bonchev–Trinajstić information content (AvgIpc) is 2.90. The van der Waals surface area contributed by atoms with Crippen LogP contribution in [0.4, 0.5) is 0 Å². The normalized spacial score (nSPS) is 12.7. The van der Waals surface area contributed by atoms with E-state index in [1.807, 2.05) is 44.2 Å². The number of rotatable bonds is 4. The molecule has 2 aromatic heterocycles. The van der Waals surface area contributed by atoms with Gasteiger partial charge in [-0.25, -0.2) is 4.52 Å². The Morgan fingerprint density at radius 3 is 2.68 bits per heavy atom. The van der Waals surface area contributed by atoms with Crippen LogP contribution in [0, 0.1) is 0 Å². The Labute approximate surface area is 133 Å². The molecule has 0 saturated heterocycles. The maximum Gasteiger partial charge on any atom is 0.284 e. The van der Waals surface area contributed by atoms with Gasteiger partial charge in [0.05, 0.1) is 16.8 Å². The summed E-state index contributed by atoms with van der Waals surface area (Å²) in [5, 5.41) is 8.29. The van der Waals surface area contributed by atoms with E-state index < -0.39 is 0 Å². The molecule has 0 amide bonds. The largest absolute Gasteiger partial charge is 0.308 e. The summed E-state index contributed by atoms with van der Waals surface area (Å²) in [6.07, 6.45) is 1.70. The van der Waals surface area contributed by atoms with Crippen LogP contribution in [0.3, 0.4) is 0 Å². The van der Waals surface area contributed by atoms with Crippen LogP contribution in [0.5, 0.6) is 0 Å². The highest BCUT2D eigenvalue weighted by Crippen LogP contribution is 2.18. The van der Waals surface area contributed by atoms with Crippen molar-refractivity contribution in [1.82, 2.24) is 19.5 Å². The topological polar surface area (TPSA) is 51.3 Å². The molecule has 3 rings (SSSR count). The first-order valence-corrected chi connectivity index (χ1v) is 7.60. The molecular weight excluding hydrogens is 300 g/mol. The molecule has 6 heteroatoms. The van der Waals surface area contributed by atoms with E-state index in [1.54, 1.807) is 21.3 Å². The number of halogens is 1. The van der Waals surface area contributed by atoms with Crippen molar-refractivity contribution in [3.05, 3.63) is 63.8 Å². The Kier molecular flexibility index (Phi) is 4.00. The zero-order chi connectivity index (χ0) is 15.7. The highest BCUT2D eigenvalue weighted by molar-refractivity contribution is 6.33. The van der Waals surface area contributed by atoms with E-state index in [-0.39, 0.29) is 11.6 Å². The number of hydrogen-bond acceptors (Lipinski definition) is 3. The van der Waals surface area contributed by atoms with Gasteiger partial charge in [-0.05, 0) is 31.7 Å². The first kappa shape index (κ1) is 14.8. The number of nitrogens with one attached hydrogen (secondary N) is 1. The van der Waals surface area contributed by atoms with Gasteiger partial charge in [0, 0.05) is 6.20 Å². The second-order valence-electron chi connectivity index (χ2n) is 5.07. The van der Waals surface area contributed by atoms with Gasteiger partial charge in [-0.1, -0.05) is 36.7 Å². The van der Waals surface area contributed by atoms with Crippen LogP contribution in [-0.4, -0.2) is 20.7 Å². The second kappa shape index (κ2) is 5.94. The third-order valence-corrected chi connectivity index (χ3v) is 3.88. The van der Waals surface area contributed by atoms with Gasteiger partial charge in [0.25, 0.3) is 5.56 Å². The molecule has 1 N–H and O–H groups in total. The molecule has 0 aliphatic heterocycles. The van der Waals surface area contributed by atoms with Gasteiger partial charge >= 0.3 is 0 Å². The molecule has 2 heterocycles. The molecule has 1 atom stereocenters. The SMILES string of the molecule is CCN[C@@H](C)c1nn2ccc(Cl)c2c(=O)n1-c1ccccc1. The zero-order valence-corrected chi connectivity index (χ0v) is 13.2. The Bertz CT molecular complexity index is 854. The van der Waals surface area contributed by atoms with E-state index in [2.05, 4.69) is 10.4 Å². The molecule has 0 unspecified atom stereocenters. The molecule has 5 nitrogen and oxygen atoms in total. The van der Waals surface area contributed by atoms with Crippen LogP contribution >= 0.6 is 11.6 Å². The molecule has 0 aliphatic rings. The van der Waals surface area contributed by atoms with Crippen molar-refractivity contribution in [3.8, 4) is 5.69 Å². The van der Waals surface area contributed by atoms with Crippen molar-refractivity contribution < 1.29 is 0 Å². The second-order valence-corrected chi connectivity index (χ2v) is 5.48. The van der Waals surface area contributed by atoms with Crippen LogP contribution < -0.4 is 10.9 Å². The maximum absolute atomic E-state index is 12.9. The summed E-state index contributed by atoms with van der Waals surface area (Å²) >= 11 is 6.14. The maximum atomic E-state index is 12.9. The lowest BCUT2D eigenvalue weighted by Gasteiger charge is -2.18. The van der Waals surface area contributed by atoms with Gasteiger partial charge in [0.2, 0.25) is 0 Å². The minimum absolute atomic E-state index is 0.0662. The summed E-state index contributed by atoms with van der Waals surface area (Å²) in [5.74, 6) is 0.651. The van der Waals surface area contributed by atoms with Crippen LogP contribution in [-0.2, 0) is 0 Å². The minimum Gasteiger partial charge on any atom is -0.308 e. The molecule has 0 bridgehead atoms. The fourth-order valence-electron chi connectivity index (χ4n) is 2.55. The van der Waals surface area contributed by atoms with E-state index in [0.717, 1.165) is 12.2 Å². The lowest BCUT2D eigenvalue weighted by atomic mass is 10.2. The molecule has 0 saturated carbocycles. The first-order valence-electron chi connectivity index (χ1n) is 7.22. The summed E-state index contributed by atoms with van der Waals surface area (Å²) in [5.41, 5.74) is 0.994. The van der Waals surface area contributed by atoms with Crippen molar-refractivity contribution >= 4 is 17.1 Å². The highest BCUT2D eigenvalue weighted by Gasteiger charge is 2.19. The number of nitrogens with zero attached hydrogens (tertiary/aromatic N) is 3. The summed E-state index contributed by atoms with van der Waals surface area (Å²) in [4.78, 5) is 12.9. The molecule has 22 heavy (non-hydrogen) atoms. The summed E-state index contributed by atoms with van der Waals surface area (Å²) in [6.45, 7) is 4.80.